The molecule has 0 atom stereocenters. The Morgan fingerprint density at radius 3 is 2.09 bits per heavy atom. The average molecular weight is 501 g/mol. The predicted octanol–water partition coefficient (Wildman–Crippen LogP) is 5.00. The minimum Gasteiger partial charge on any atom is -0.466 e. The number of nitrogens with one attached hydrogen (secondary N) is 1. The van der Waals surface area contributed by atoms with Crippen LogP contribution < -0.4 is 5.32 Å². The third-order valence-electron chi connectivity index (χ3n) is 4.29. The first kappa shape index (κ1) is 25.0. The van der Waals surface area contributed by atoms with E-state index in [9.17, 15) is 35.9 Å². The summed E-state index contributed by atoms with van der Waals surface area (Å²) >= 11 is 0.856. The molecule has 0 spiro atoms. The van der Waals surface area contributed by atoms with Crippen LogP contribution in [0.2, 0.25) is 0 Å². The summed E-state index contributed by atoms with van der Waals surface area (Å²) in [5.41, 5.74) is -2.49. The number of carbonyl (C=O) groups is 2. The normalized spacial score (nSPS) is 17.0. The quantitative estimate of drug-likeness (QED) is 0.210. The topological polar surface area (TPSA) is 80.1 Å². The number of ether oxygens (including phenoxy) is 1. The third-order valence-corrected chi connectivity index (χ3v) is 5.19. The number of amides is 1. The average Bonchev–Trinajstić information content (AvgIpc) is 3.11. The Morgan fingerprint density at radius 2 is 1.56 bits per heavy atom. The van der Waals surface area contributed by atoms with Crippen molar-refractivity contribution in [3.8, 4) is 11.1 Å². The predicted molar refractivity (Wildman–Crippen MR) is 113 cm³/mol. The van der Waals surface area contributed by atoms with Crippen LogP contribution in [0, 0.1) is 0 Å². The van der Waals surface area contributed by atoms with Crippen molar-refractivity contribution in [1.82, 2.24) is 5.32 Å². The lowest BCUT2D eigenvalue weighted by atomic mass is 9.98. The molecular formula is C21H13F6N3O3S. The van der Waals surface area contributed by atoms with E-state index in [2.05, 4.69) is 20.3 Å². The van der Waals surface area contributed by atoms with Gasteiger partial charge in [-0.15, -0.1) is 5.10 Å². The lowest BCUT2D eigenvalue weighted by molar-refractivity contribution is -0.143. The zero-order valence-electron chi connectivity index (χ0n) is 17.0. The van der Waals surface area contributed by atoms with Gasteiger partial charge < -0.3 is 4.74 Å². The van der Waals surface area contributed by atoms with Crippen molar-refractivity contribution in [3.05, 3.63) is 70.1 Å². The molecule has 1 N–H and O–H groups in total. The summed E-state index contributed by atoms with van der Waals surface area (Å²) in [4.78, 5) is 23.0. The number of halogens is 6. The van der Waals surface area contributed by atoms with Crippen molar-refractivity contribution in [2.75, 3.05) is 7.11 Å². The first-order valence-electron chi connectivity index (χ1n) is 9.16. The highest BCUT2D eigenvalue weighted by Crippen LogP contribution is 2.38. The second-order valence-electron chi connectivity index (χ2n) is 6.65. The molecule has 178 valence electrons. The van der Waals surface area contributed by atoms with E-state index in [1.54, 1.807) is 0 Å². The summed E-state index contributed by atoms with van der Waals surface area (Å²) in [6.45, 7) is 0. The summed E-state index contributed by atoms with van der Waals surface area (Å²) < 4.78 is 82.8. The number of hydrogen-bond donors (Lipinski definition) is 1. The monoisotopic (exact) mass is 501 g/mol. The summed E-state index contributed by atoms with van der Waals surface area (Å²) in [5.74, 6) is -1.28. The van der Waals surface area contributed by atoms with Crippen LogP contribution in [-0.2, 0) is 26.7 Å². The van der Waals surface area contributed by atoms with Crippen LogP contribution >= 0.6 is 11.8 Å². The summed E-state index contributed by atoms with van der Waals surface area (Å²) in [6.07, 6.45) is -7.63. The van der Waals surface area contributed by atoms with Gasteiger partial charge in [-0.2, -0.15) is 31.4 Å². The van der Waals surface area contributed by atoms with Gasteiger partial charge in [-0.25, -0.2) is 4.79 Å². The zero-order chi connectivity index (χ0) is 25.1. The molecule has 0 radical (unpaired) electrons. The van der Waals surface area contributed by atoms with Crippen LogP contribution in [-0.4, -0.2) is 30.4 Å². The number of thioether (sulfide) groups is 1. The molecule has 1 fully saturated rings. The Morgan fingerprint density at radius 1 is 0.971 bits per heavy atom. The summed E-state index contributed by atoms with van der Waals surface area (Å²) in [5, 5.41) is 10.0. The Balaban J connectivity index is 1.79. The molecule has 1 aliphatic rings. The highest BCUT2D eigenvalue weighted by molar-refractivity contribution is 8.18. The Kier molecular flexibility index (Phi) is 7.15. The van der Waals surface area contributed by atoms with Crippen LogP contribution in [0.5, 0.6) is 0 Å². The van der Waals surface area contributed by atoms with Crippen molar-refractivity contribution < 1.29 is 40.7 Å². The fourth-order valence-corrected chi connectivity index (χ4v) is 3.41. The van der Waals surface area contributed by atoms with E-state index in [4.69, 9.17) is 0 Å². The summed E-state index contributed by atoms with van der Waals surface area (Å²) in [6, 6.07) is 6.88. The van der Waals surface area contributed by atoms with Gasteiger partial charge in [0.1, 0.15) is 0 Å². The SMILES string of the molecule is COC(=O)/C=C1/S/C(=N\N=Cc2ccc(-c3cc(C(F)(F)F)cc(C(F)(F)F)c3)cc2)NC1=O. The molecule has 1 amide bonds. The number of rotatable bonds is 4. The van der Waals surface area contributed by atoms with Crippen LogP contribution in [0.1, 0.15) is 16.7 Å². The molecule has 0 saturated carbocycles. The number of esters is 1. The highest BCUT2D eigenvalue weighted by atomic mass is 32.2. The van der Waals surface area contributed by atoms with Gasteiger partial charge >= 0.3 is 18.3 Å². The molecule has 0 aromatic heterocycles. The lowest BCUT2D eigenvalue weighted by Crippen LogP contribution is -2.19. The van der Waals surface area contributed by atoms with Gasteiger partial charge in [0.25, 0.3) is 5.91 Å². The van der Waals surface area contributed by atoms with Crippen LogP contribution in [0.3, 0.4) is 0 Å². The molecule has 1 saturated heterocycles. The first-order chi connectivity index (χ1) is 15.9. The standard InChI is InChI=1S/C21H13F6N3O3S/c1-33-17(31)9-16-18(32)29-19(34-16)30-28-10-11-2-4-12(5-3-11)13-6-14(20(22,23)24)8-15(7-13)21(25,26)27/h2-10H,1H3,(H,29,30,32)/b16-9+,28-10?. The number of carbonyl (C=O) groups excluding carboxylic acids is 2. The van der Waals surface area contributed by atoms with Crippen LogP contribution in [0.4, 0.5) is 26.3 Å². The van der Waals surface area contributed by atoms with E-state index < -0.39 is 35.4 Å². The minimum absolute atomic E-state index is 0.0597. The molecule has 6 nitrogen and oxygen atoms in total. The largest absolute Gasteiger partial charge is 0.466 e. The number of alkyl halides is 6. The van der Waals surface area contributed by atoms with Crippen LogP contribution in [0.25, 0.3) is 11.1 Å². The van der Waals surface area contributed by atoms with Crippen LogP contribution in [0.15, 0.2) is 63.6 Å². The number of hydrogen-bond acceptors (Lipinski definition) is 6. The minimum atomic E-state index is -4.94. The lowest BCUT2D eigenvalue weighted by Gasteiger charge is -2.14. The van der Waals surface area contributed by atoms with E-state index in [-0.39, 0.29) is 27.3 Å². The van der Waals surface area contributed by atoms with Gasteiger partial charge in [0.15, 0.2) is 5.17 Å². The van der Waals surface area contributed by atoms with Gasteiger partial charge in [-0.3, -0.25) is 10.1 Å². The van der Waals surface area contributed by atoms with Gasteiger partial charge in [-0.1, -0.05) is 24.3 Å². The second kappa shape index (κ2) is 9.71. The van der Waals surface area contributed by atoms with Gasteiger partial charge in [0, 0.05) is 6.08 Å². The van der Waals surface area contributed by atoms with E-state index in [0.717, 1.165) is 24.9 Å². The molecule has 0 aliphatic carbocycles. The molecule has 13 heteroatoms. The number of amidine groups is 1. The maximum atomic E-state index is 13.1. The number of nitrogens with zero attached hydrogens (tertiary/aromatic N) is 2. The summed E-state index contributed by atoms with van der Waals surface area (Å²) in [7, 11) is 1.16. The maximum Gasteiger partial charge on any atom is 0.416 e. The number of benzene rings is 2. The molecule has 3 rings (SSSR count). The van der Waals surface area contributed by atoms with Crippen molar-refractivity contribution in [1.29, 1.82) is 0 Å². The fraction of sp³-hybridized carbons (Fsp3) is 0.143. The molecule has 0 unspecified atom stereocenters. The molecular weight excluding hydrogens is 488 g/mol. The maximum absolute atomic E-state index is 13.1. The van der Waals surface area contributed by atoms with Gasteiger partial charge in [0.05, 0.1) is 29.4 Å². The molecule has 1 heterocycles. The molecule has 1 aliphatic heterocycles. The molecule has 34 heavy (non-hydrogen) atoms. The second-order valence-corrected chi connectivity index (χ2v) is 7.68. The molecule has 0 bridgehead atoms. The van der Waals surface area contributed by atoms with E-state index in [1.165, 1.54) is 30.5 Å². The van der Waals surface area contributed by atoms with E-state index in [0.29, 0.717) is 17.7 Å². The third kappa shape index (κ3) is 6.25. The Bertz CT molecular complexity index is 1170. The smallest absolute Gasteiger partial charge is 0.416 e. The molecule has 2 aromatic rings. The van der Waals surface area contributed by atoms with Gasteiger partial charge in [0.2, 0.25) is 0 Å². The highest BCUT2D eigenvalue weighted by Gasteiger charge is 2.37. The van der Waals surface area contributed by atoms with Gasteiger partial charge in [-0.05, 0) is 46.7 Å². The van der Waals surface area contributed by atoms with E-state index >= 15 is 0 Å². The van der Waals surface area contributed by atoms with Crippen molar-refractivity contribution >= 4 is 35.0 Å². The number of methoxy groups -OCH3 is 1. The van der Waals surface area contributed by atoms with E-state index in [1.807, 2.05) is 0 Å². The Hall–Kier alpha value is -3.61. The van der Waals surface area contributed by atoms with Crippen molar-refractivity contribution in [3.63, 3.8) is 0 Å². The van der Waals surface area contributed by atoms with Crippen molar-refractivity contribution in [2.24, 2.45) is 10.2 Å². The van der Waals surface area contributed by atoms with Crippen molar-refractivity contribution in [2.45, 2.75) is 12.4 Å². The Labute approximate surface area is 192 Å². The first-order valence-corrected chi connectivity index (χ1v) is 9.98. The fourth-order valence-electron chi connectivity index (χ4n) is 2.67. The molecule has 2 aromatic carbocycles. The zero-order valence-corrected chi connectivity index (χ0v) is 17.8.